The second-order valence-electron chi connectivity index (χ2n) is 3.15. The Morgan fingerprint density at radius 1 is 1.33 bits per heavy atom. The highest BCUT2D eigenvalue weighted by Gasteiger charge is 1.99. The molecule has 2 rings (SSSR count). The van der Waals surface area contributed by atoms with E-state index in [9.17, 15) is 5.11 Å². The van der Waals surface area contributed by atoms with Gasteiger partial charge in [0.15, 0.2) is 0 Å². The summed E-state index contributed by atoms with van der Waals surface area (Å²) >= 11 is 7.46. The van der Waals surface area contributed by atoms with Crippen LogP contribution in [0.4, 0.5) is 5.69 Å². The number of phenols is 1. The van der Waals surface area contributed by atoms with E-state index in [1.54, 1.807) is 29.5 Å². The lowest BCUT2D eigenvalue weighted by atomic mass is 10.3. The van der Waals surface area contributed by atoms with Crippen molar-refractivity contribution in [3.05, 3.63) is 45.6 Å². The van der Waals surface area contributed by atoms with E-state index in [1.807, 2.05) is 5.38 Å². The molecule has 2 aromatic rings. The van der Waals surface area contributed by atoms with Gasteiger partial charge in [0, 0.05) is 12.2 Å². The molecule has 78 valence electrons. The molecule has 2 N–H and O–H groups in total. The molecule has 0 saturated carbocycles. The molecule has 0 atom stereocenters. The quantitative estimate of drug-likeness (QED) is 0.801. The van der Waals surface area contributed by atoms with Gasteiger partial charge in [-0.3, -0.25) is 0 Å². The van der Waals surface area contributed by atoms with Crippen LogP contribution in [0.5, 0.6) is 5.75 Å². The van der Waals surface area contributed by atoms with Crippen LogP contribution in [0, 0.1) is 0 Å². The van der Waals surface area contributed by atoms with Crippen LogP contribution in [0.3, 0.4) is 0 Å². The van der Waals surface area contributed by atoms with Gasteiger partial charge < -0.3 is 10.4 Å². The lowest BCUT2D eigenvalue weighted by Crippen LogP contribution is -1.97. The highest BCUT2D eigenvalue weighted by molar-refractivity contribution is 7.07. The topological polar surface area (TPSA) is 32.3 Å². The van der Waals surface area contributed by atoms with Gasteiger partial charge in [-0.25, -0.2) is 0 Å². The third-order valence-electron chi connectivity index (χ3n) is 2.02. The van der Waals surface area contributed by atoms with E-state index in [4.69, 9.17) is 11.6 Å². The van der Waals surface area contributed by atoms with Crippen LogP contribution >= 0.6 is 22.9 Å². The largest absolute Gasteiger partial charge is 0.506 e. The number of aromatic hydroxyl groups is 1. The number of nitrogens with one attached hydrogen (secondary N) is 1. The fourth-order valence-corrected chi connectivity index (χ4v) is 2.06. The van der Waals surface area contributed by atoms with E-state index in [-0.39, 0.29) is 5.75 Å². The van der Waals surface area contributed by atoms with Crippen molar-refractivity contribution in [3.63, 3.8) is 0 Å². The Kier molecular flexibility index (Phi) is 3.14. The predicted octanol–water partition coefficient (Wildman–Crippen LogP) is 3.72. The second-order valence-corrected chi connectivity index (χ2v) is 4.34. The molecular formula is C11H10ClNOS. The monoisotopic (exact) mass is 239 g/mol. The van der Waals surface area contributed by atoms with Crippen LogP contribution < -0.4 is 5.32 Å². The third-order valence-corrected chi connectivity index (χ3v) is 3.06. The summed E-state index contributed by atoms with van der Waals surface area (Å²) in [7, 11) is 0. The van der Waals surface area contributed by atoms with E-state index in [2.05, 4.69) is 16.8 Å². The Morgan fingerprint density at radius 3 is 2.87 bits per heavy atom. The van der Waals surface area contributed by atoms with Gasteiger partial charge in [-0.1, -0.05) is 11.6 Å². The van der Waals surface area contributed by atoms with Crippen molar-refractivity contribution in [2.45, 2.75) is 6.54 Å². The molecule has 4 heteroatoms. The van der Waals surface area contributed by atoms with Gasteiger partial charge in [-0.2, -0.15) is 11.3 Å². The highest BCUT2D eigenvalue weighted by atomic mass is 35.5. The van der Waals surface area contributed by atoms with Crippen LogP contribution in [0.25, 0.3) is 0 Å². The van der Waals surface area contributed by atoms with E-state index < -0.39 is 0 Å². The zero-order valence-electron chi connectivity index (χ0n) is 7.90. The van der Waals surface area contributed by atoms with Crippen molar-refractivity contribution in [2.75, 3.05) is 5.32 Å². The smallest absolute Gasteiger partial charge is 0.134 e. The number of thiophene rings is 1. The van der Waals surface area contributed by atoms with E-state index >= 15 is 0 Å². The van der Waals surface area contributed by atoms with Gasteiger partial charge in [-0.05, 0) is 40.6 Å². The van der Waals surface area contributed by atoms with E-state index in [1.165, 1.54) is 5.56 Å². The molecule has 2 nitrogen and oxygen atoms in total. The van der Waals surface area contributed by atoms with Crippen LogP contribution in [0.1, 0.15) is 5.56 Å². The number of hydrogen-bond acceptors (Lipinski definition) is 3. The first kappa shape index (κ1) is 10.3. The van der Waals surface area contributed by atoms with Crippen molar-refractivity contribution in [2.24, 2.45) is 0 Å². The van der Waals surface area contributed by atoms with Gasteiger partial charge in [0.05, 0.1) is 5.02 Å². The highest BCUT2D eigenvalue weighted by Crippen LogP contribution is 2.26. The first-order valence-corrected chi connectivity index (χ1v) is 5.81. The Hall–Kier alpha value is -1.19. The van der Waals surface area contributed by atoms with Gasteiger partial charge in [0.1, 0.15) is 5.75 Å². The normalized spacial score (nSPS) is 10.2. The Bertz CT molecular complexity index is 442. The van der Waals surface area contributed by atoms with Crippen LogP contribution in [-0.4, -0.2) is 5.11 Å². The number of benzene rings is 1. The molecular weight excluding hydrogens is 230 g/mol. The summed E-state index contributed by atoms with van der Waals surface area (Å²) in [6, 6.07) is 7.16. The standard InChI is InChI=1S/C11H10ClNOS/c12-10-5-9(1-2-11(10)14)13-6-8-3-4-15-7-8/h1-5,7,13-14H,6H2. The molecule has 1 aromatic carbocycles. The average molecular weight is 240 g/mol. The molecule has 0 aliphatic heterocycles. The Balaban J connectivity index is 2.02. The Labute approximate surface area is 97.1 Å². The lowest BCUT2D eigenvalue weighted by Gasteiger charge is -2.05. The van der Waals surface area contributed by atoms with Crippen molar-refractivity contribution in [3.8, 4) is 5.75 Å². The fourth-order valence-electron chi connectivity index (χ4n) is 1.21. The molecule has 0 aliphatic rings. The summed E-state index contributed by atoms with van der Waals surface area (Å²) < 4.78 is 0. The molecule has 0 spiro atoms. The van der Waals surface area contributed by atoms with Crippen molar-refractivity contribution in [1.29, 1.82) is 0 Å². The van der Waals surface area contributed by atoms with Gasteiger partial charge >= 0.3 is 0 Å². The molecule has 0 unspecified atom stereocenters. The molecule has 0 bridgehead atoms. The summed E-state index contributed by atoms with van der Waals surface area (Å²) in [5.41, 5.74) is 2.15. The van der Waals surface area contributed by atoms with E-state index in [0.717, 1.165) is 12.2 Å². The predicted molar refractivity (Wildman–Crippen MR) is 64.8 cm³/mol. The van der Waals surface area contributed by atoms with E-state index in [0.29, 0.717) is 5.02 Å². The first-order chi connectivity index (χ1) is 7.25. The van der Waals surface area contributed by atoms with Crippen LogP contribution in [0.2, 0.25) is 5.02 Å². The molecule has 0 saturated heterocycles. The number of phenolic OH excluding ortho intramolecular Hbond substituents is 1. The molecule has 1 heterocycles. The minimum Gasteiger partial charge on any atom is -0.506 e. The summed E-state index contributed by atoms with van der Waals surface area (Å²) in [4.78, 5) is 0. The maximum Gasteiger partial charge on any atom is 0.134 e. The summed E-state index contributed by atoms with van der Waals surface area (Å²) in [6.07, 6.45) is 0. The Morgan fingerprint density at radius 2 is 2.20 bits per heavy atom. The summed E-state index contributed by atoms with van der Waals surface area (Å²) in [5, 5.41) is 17.0. The lowest BCUT2D eigenvalue weighted by molar-refractivity contribution is 0.475. The van der Waals surface area contributed by atoms with Gasteiger partial charge in [0.2, 0.25) is 0 Å². The molecule has 0 radical (unpaired) electrons. The summed E-state index contributed by atoms with van der Waals surface area (Å²) in [6.45, 7) is 0.768. The number of hydrogen-bond donors (Lipinski definition) is 2. The van der Waals surface area contributed by atoms with Crippen molar-refractivity contribution < 1.29 is 5.11 Å². The van der Waals surface area contributed by atoms with Crippen LogP contribution in [0.15, 0.2) is 35.0 Å². The summed E-state index contributed by atoms with van der Waals surface area (Å²) in [5.74, 6) is 0.109. The molecule has 0 aliphatic carbocycles. The maximum absolute atomic E-state index is 9.24. The maximum atomic E-state index is 9.24. The molecule has 0 amide bonds. The SMILES string of the molecule is Oc1ccc(NCc2ccsc2)cc1Cl. The van der Waals surface area contributed by atoms with Crippen molar-refractivity contribution in [1.82, 2.24) is 0 Å². The number of rotatable bonds is 3. The zero-order chi connectivity index (χ0) is 10.7. The third kappa shape index (κ3) is 2.64. The number of anilines is 1. The van der Waals surface area contributed by atoms with Gasteiger partial charge in [0.25, 0.3) is 0 Å². The minimum atomic E-state index is 0.109. The molecule has 0 fully saturated rings. The van der Waals surface area contributed by atoms with Gasteiger partial charge in [-0.15, -0.1) is 0 Å². The van der Waals surface area contributed by atoms with Crippen molar-refractivity contribution >= 4 is 28.6 Å². The first-order valence-electron chi connectivity index (χ1n) is 4.49. The second kappa shape index (κ2) is 4.55. The minimum absolute atomic E-state index is 0.109. The fraction of sp³-hybridized carbons (Fsp3) is 0.0909. The zero-order valence-corrected chi connectivity index (χ0v) is 9.48. The number of halogens is 1. The molecule has 15 heavy (non-hydrogen) atoms. The van der Waals surface area contributed by atoms with Crippen LogP contribution in [-0.2, 0) is 6.54 Å². The average Bonchev–Trinajstić information content (AvgIpc) is 2.73. The molecule has 1 aromatic heterocycles.